The maximum atomic E-state index is 11.9. The molecule has 0 bridgehead atoms. The third-order valence-corrected chi connectivity index (χ3v) is 8.81. The highest BCUT2D eigenvalue weighted by Crippen LogP contribution is 2.43. The third-order valence-electron chi connectivity index (χ3n) is 6.84. The van der Waals surface area contributed by atoms with Crippen molar-refractivity contribution in [3.05, 3.63) is 64.7 Å². The Morgan fingerprint density at radius 2 is 1.79 bits per heavy atom. The summed E-state index contributed by atoms with van der Waals surface area (Å²) >= 11 is 7.48. The van der Waals surface area contributed by atoms with Gasteiger partial charge in [-0.15, -0.1) is 0 Å². The van der Waals surface area contributed by atoms with Crippen LogP contribution in [0.2, 0.25) is 18.1 Å². The van der Waals surface area contributed by atoms with Gasteiger partial charge in [0, 0.05) is 17.6 Å². The van der Waals surface area contributed by atoms with Gasteiger partial charge >= 0.3 is 0 Å². The van der Waals surface area contributed by atoms with Crippen LogP contribution in [0.25, 0.3) is 0 Å². The highest BCUT2D eigenvalue weighted by atomic mass is 35.5. The van der Waals surface area contributed by atoms with Crippen molar-refractivity contribution in [1.82, 2.24) is 10.6 Å². The molecule has 6 nitrogen and oxygen atoms in total. The van der Waals surface area contributed by atoms with Crippen LogP contribution in [-0.2, 0) is 21.2 Å². The first-order valence-corrected chi connectivity index (χ1v) is 17.2. The molecule has 1 aliphatic heterocycles. The predicted molar refractivity (Wildman–Crippen MR) is 163 cm³/mol. The van der Waals surface area contributed by atoms with E-state index in [4.69, 9.17) is 20.8 Å². The molecule has 0 aromatic heterocycles. The molecule has 2 aromatic rings. The van der Waals surface area contributed by atoms with Crippen LogP contribution in [-0.4, -0.2) is 44.6 Å². The lowest BCUT2D eigenvalue weighted by molar-refractivity contribution is -0.118. The molecule has 0 spiro atoms. The zero-order valence-electron chi connectivity index (χ0n) is 24.1. The average Bonchev–Trinajstić information content (AvgIpc) is 3.15. The molecule has 9 heteroatoms. The summed E-state index contributed by atoms with van der Waals surface area (Å²) < 4.78 is 13.1. The summed E-state index contributed by atoms with van der Waals surface area (Å²) in [7, 11) is -1.04. The standard InChI is InChI=1S/C30H42ClN2O4SSi/c1-20(2)15-24(18-36-25-13-11-21(12-14-25)16-26-27(34)33-28(35)38-26)32-19-30(29(3,4)5,37-39(6)7)22-9-8-10-23(31)17-22/h8-14,17,20,24,26,32H,15-16,18-19H2,1-7H3,(H,33,34,35)/t24-,26?,30+/m1/s1. The molecule has 3 rings (SSSR count). The Morgan fingerprint density at radius 3 is 2.33 bits per heavy atom. The molecule has 213 valence electrons. The summed E-state index contributed by atoms with van der Waals surface area (Å²) in [6.45, 7) is 16.6. The largest absolute Gasteiger partial charge is 0.492 e. The second-order valence-electron chi connectivity index (χ2n) is 11.8. The lowest BCUT2D eigenvalue weighted by atomic mass is 9.72. The lowest BCUT2D eigenvalue weighted by Gasteiger charge is -2.47. The van der Waals surface area contributed by atoms with Crippen molar-refractivity contribution in [3.8, 4) is 5.75 Å². The van der Waals surface area contributed by atoms with Crippen molar-refractivity contribution >= 4 is 43.5 Å². The quantitative estimate of drug-likeness (QED) is 0.249. The van der Waals surface area contributed by atoms with E-state index in [1.54, 1.807) is 0 Å². The first kappa shape index (κ1) is 31.7. The summed E-state index contributed by atoms with van der Waals surface area (Å²) in [6.07, 6.45) is 1.46. The molecular formula is C30H42ClN2O4SSi. The van der Waals surface area contributed by atoms with Gasteiger partial charge in [-0.1, -0.05) is 82.2 Å². The molecule has 1 aliphatic rings. The van der Waals surface area contributed by atoms with Gasteiger partial charge in [0.25, 0.3) is 5.24 Å². The summed E-state index contributed by atoms with van der Waals surface area (Å²) in [4.78, 5) is 23.3. The molecule has 1 radical (unpaired) electrons. The van der Waals surface area contributed by atoms with E-state index in [0.717, 1.165) is 35.1 Å². The van der Waals surface area contributed by atoms with Crippen LogP contribution < -0.4 is 15.4 Å². The van der Waals surface area contributed by atoms with E-state index < -0.39 is 14.6 Å². The molecule has 39 heavy (non-hydrogen) atoms. The number of hydrogen-bond acceptors (Lipinski definition) is 6. The van der Waals surface area contributed by atoms with Crippen LogP contribution in [0.5, 0.6) is 5.75 Å². The first-order chi connectivity index (χ1) is 18.3. The molecule has 3 atom stereocenters. The minimum Gasteiger partial charge on any atom is -0.492 e. The zero-order valence-corrected chi connectivity index (χ0v) is 26.7. The molecule has 0 aliphatic carbocycles. The summed E-state index contributed by atoms with van der Waals surface area (Å²) in [5, 5.41) is 6.20. The summed E-state index contributed by atoms with van der Waals surface area (Å²) in [5.41, 5.74) is 1.33. The molecular weight excluding hydrogens is 548 g/mol. The number of rotatable bonds is 13. The first-order valence-electron chi connectivity index (χ1n) is 13.5. The Labute approximate surface area is 244 Å². The number of halogens is 1. The fraction of sp³-hybridized carbons (Fsp3) is 0.533. The van der Waals surface area contributed by atoms with E-state index >= 15 is 0 Å². The number of nitrogens with one attached hydrogen (secondary N) is 2. The van der Waals surface area contributed by atoms with E-state index in [2.05, 4.69) is 64.4 Å². The average molecular weight is 590 g/mol. The number of amides is 2. The number of carbonyl (C=O) groups is 2. The van der Waals surface area contributed by atoms with Crippen molar-refractivity contribution in [1.29, 1.82) is 0 Å². The van der Waals surface area contributed by atoms with Gasteiger partial charge in [-0.3, -0.25) is 14.9 Å². The van der Waals surface area contributed by atoms with Crippen LogP contribution in [0.3, 0.4) is 0 Å². The normalized spacial score (nSPS) is 18.4. The Balaban J connectivity index is 1.72. The topological polar surface area (TPSA) is 76.7 Å². The van der Waals surface area contributed by atoms with Gasteiger partial charge in [-0.05, 0) is 72.7 Å². The van der Waals surface area contributed by atoms with Gasteiger partial charge in [-0.2, -0.15) is 0 Å². The monoisotopic (exact) mass is 589 g/mol. The third kappa shape index (κ3) is 8.82. The van der Waals surface area contributed by atoms with E-state index in [9.17, 15) is 9.59 Å². The van der Waals surface area contributed by atoms with Crippen LogP contribution in [0, 0.1) is 11.3 Å². The Morgan fingerprint density at radius 1 is 1.10 bits per heavy atom. The van der Waals surface area contributed by atoms with Crippen LogP contribution >= 0.6 is 23.4 Å². The van der Waals surface area contributed by atoms with Gasteiger partial charge in [0.2, 0.25) is 14.9 Å². The SMILES string of the molecule is CC(C)C[C@H](COc1ccc(CC2SC(=O)NC2=O)cc1)NC[C@](O[Si](C)C)(c1cccc(Cl)c1)C(C)(C)C. The van der Waals surface area contributed by atoms with Gasteiger partial charge in [-0.25, -0.2) is 0 Å². The van der Waals surface area contributed by atoms with Crippen molar-refractivity contribution < 1.29 is 18.8 Å². The van der Waals surface area contributed by atoms with Crippen molar-refractivity contribution in [3.63, 3.8) is 0 Å². The second kappa shape index (κ2) is 13.7. The molecule has 2 N–H and O–H groups in total. The van der Waals surface area contributed by atoms with E-state index in [0.29, 0.717) is 30.5 Å². The number of benzene rings is 2. The van der Waals surface area contributed by atoms with Crippen molar-refractivity contribution in [2.24, 2.45) is 11.3 Å². The number of imide groups is 1. The van der Waals surface area contributed by atoms with E-state index in [1.807, 2.05) is 42.5 Å². The number of hydrogen-bond donors (Lipinski definition) is 2. The Kier molecular flexibility index (Phi) is 11.1. The lowest BCUT2D eigenvalue weighted by Crippen LogP contribution is -2.54. The fourth-order valence-electron chi connectivity index (χ4n) is 4.86. The van der Waals surface area contributed by atoms with E-state index in [1.165, 1.54) is 0 Å². The van der Waals surface area contributed by atoms with Gasteiger partial charge in [0.1, 0.15) is 12.4 Å². The minimum atomic E-state index is -1.04. The fourth-order valence-corrected chi connectivity index (χ4v) is 7.11. The Hall–Kier alpha value is -1.84. The number of thioether (sulfide) groups is 1. The van der Waals surface area contributed by atoms with Crippen molar-refractivity contribution in [2.75, 3.05) is 13.2 Å². The zero-order chi connectivity index (χ0) is 28.8. The van der Waals surface area contributed by atoms with Gasteiger partial charge in [0.15, 0.2) is 0 Å². The minimum absolute atomic E-state index is 0.114. The smallest absolute Gasteiger partial charge is 0.286 e. The summed E-state index contributed by atoms with van der Waals surface area (Å²) in [6, 6.07) is 15.9. The van der Waals surface area contributed by atoms with Gasteiger partial charge in [0.05, 0.1) is 10.9 Å². The highest BCUT2D eigenvalue weighted by Gasteiger charge is 2.45. The van der Waals surface area contributed by atoms with Crippen molar-refractivity contribution in [2.45, 2.75) is 77.4 Å². The molecule has 1 fully saturated rings. The van der Waals surface area contributed by atoms with Crippen LogP contribution in [0.15, 0.2) is 48.5 Å². The highest BCUT2D eigenvalue weighted by molar-refractivity contribution is 8.15. The molecule has 1 unspecified atom stereocenters. The molecule has 1 saturated heterocycles. The molecule has 2 amide bonds. The van der Waals surface area contributed by atoms with Crippen LogP contribution in [0.4, 0.5) is 4.79 Å². The molecule has 1 heterocycles. The molecule has 0 saturated carbocycles. The maximum Gasteiger partial charge on any atom is 0.286 e. The predicted octanol–water partition coefficient (Wildman–Crippen LogP) is 6.83. The second-order valence-corrected chi connectivity index (χ2v) is 15.5. The van der Waals surface area contributed by atoms with Crippen LogP contribution in [0.1, 0.15) is 52.2 Å². The van der Waals surface area contributed by atoms with Gasteiger partial charge < -0.3 is 14.5 Å². The number of ether oxygens (including phenoxy) is 1. The number of carbonyl (C=O) groups excluding carboxylic acids is 2. The molecule has 2 aromatic carbocycles. The van der Waals surface area contributed by atoms with E-state index in [-0.39, 0.29) is 27.9 Å². The maximum absolute atomic E-state index is 11.9. The summed E-state index contributed by atoms with van der Waals surface area (Å²) in [5.74, 6) is 1.04. The Bertz CT molecular complexity index is 1120.